The van der Waals surface area contributed by atoms with Gasteiger partial charge in [-0.25, -0.2) is 4.98 Å². The van der Waals surface area contributed by atoms with Crippen LogP contribution in [0.4, 0.5) is 0 Å². The zero-order valence-corrected chi connectivity index (χ0v) is 17.1. The maximum atomic E-state index is 12.5. The number of amides is 2. The molecule has 7 nitrogen and oxygen atoms in total. The SMILES string of the molecule is C=CC(=CC)Oc1ccc(C=C(NC(=O)c2ccc(Cl)nc2)C(=O)NCCO)cc1. The molecule has 2 aromatic rings. The van der Waals surface area contributed by atoms with Crippen LogP contribution in [0, 0.1) is 0 Å². The summed E-state index contributed by atoms with van der Waals surface area (Å²) >= 11 is 5.74. The van der Waals surface area contributed by atoms with Gasteiger partial charge in [-0.3, -0.25) is 9.59 Å². The molecule has 0 aliphatic rings. The molecule has 2 amide bonds. The highest BCUT2D eigenvalue weighted by atomic mass is 35.5. The topological polar surface area (TPSA) is 101 Å². The van der Waals surface area contributed by atoms with E-state index in [1.807, 2.05) is 6.92 Å². The van der Waals surface area contributed by atoms with Crippen molar-refractivity contribution in [2.24, 2.45) is 0 Å². The molecule has 0 saturated carbocycles. The molecule has 156 valence electrons. The zero-order valence-electron chi connectivity index (χ0n) is 16.4. The Hall–Kier alpha value is -3.42. The summed E-state index contributed by atoms with van der Waals surface area (Å²) in [5, 5.41) is 14.3. The zero-order chi connectivity index (χ0) is 21.9. The number of aliphatic hydroxyl groups is 1. The predicted octanol–water partition coefficient (Wildman–Crippen LogP) is 3.08. The molecule has 0 unspecified atom stereocenters. The standard InChI is InChI=1S/C22H22ClN3O4/c1-3-17(4-2)30-18-8-5-15(6-9-18)13-19(22(29)24-11-12-27)26-21(28)16-7-10-20(23)25-14-16/h3-10,13-14,27H,1,11-12H2,2H3,(H,24,29)(H,26,28). The number of benzene rings is 1. The summed E-state index contributed by atoms with van der Waals surface area (Å²) < 4.78 is 5.63. The molecule has 0 atom stereocenters. The summed E-state index contributed by atoms with van der Waals surface area (Å²) in [4.78, 5) is 28.8. The predicted molar refractivity (Wildman–Crippen MR) is 116 cm³/mol. The van der Waals surface area contributed by atoms with Gasteiger partial charge in [0.1, 0.15) is 22.4 Å². The van der Waals surface area contributed by atoms with Gasteiger partial charge < -0.3 is 20.5 Å². The lowest BCUT2D eigenvalue weighted by Gasteiger charge is -2.11. The number of nitrogens with zero attached hydrogens (tertiary/aromatic N) is 1. The minimum atomic E-state index is -0.539. The van der Waals surface area contributed by atoms with E-state index in [2.05, 4.69) is 22.2 Å². The van der Waals surface area contributed by atoms with Gasteiger partial charge in [0.2, 0.25) is 0 Å². The fraction of sp³-hybridized carbons (Fsp3) is 0.136. The van der Waals surface area contributed by atoms with Crippen LogP contribution in [0.5, 0.6) is 5.75 Å². The van der Waals surface area contributed by atoms with Gasteiger partial charge >= 0.3 is 0 Å². The lowest BCUT2D eigenvalue weighted by Crippen LogP contribution is -2.36. The molecule has 0 fully saturated rings. The van der Waals surface area contributed by atoms with Crippen LogP contribution >= 0.6 is 11.6 Å². The Balaban J connectivity index is 2.24. The molecule has 0 spiro atoms. The second kappa shape index (κ2) is 11.5. The van der Waals surface area contributed by atoms with Crippen LogP contribution in [-0.4, -0.2) is 35.1 Å². The van der Waals surface area contributed by atoms with E-state index >= 15 is 0 Å². The Morgan fingerprint density at radius 2 is 1.97 bits per heavy atom. The van der Waals surface area contributed by atoms with Crippen molar-refractivity contribution in [2.75, 3.05) is 13.2 Å². The highest BCUT2D eigenvalue weighted by Crippen LogP contribution is 2.17. The third kappa shape index (κ3) is 6.88. The maximum Gasteiger partial charge on any atom is 0.267 e. The van der Waals surface area contributed by atoms with Crippen LogP contribution in [0.15, 0.2) is 72.8 Å². The van der Waals surface area contributed by atoms with Crippen molar-refractivity contribution >= 4 is 29.5 Å². The van der Waals surface area contributed by atoms with E-state index < -0.39 is 11.8 Å². The fourth-order valence-electron chi connectivity index (χ4n) is 2.28. The first-order valence-corrected chi connectivity index (χ1v) is 9.45. The van der Waals surface area contributed by atoms with Crippen LogP contribution < -0.4 is 15.4 Å². The average Bonchev–Trinajstić information content (AvgIpc) is 2.76. The van der Waals surface area contributed by atoms with E-state index in [4.69, 9.17) is 21.4 Å². The van der Waals surface area contributed by atoms with E-state index in [9.17, 15) is 9.59 Å². The molecular weight excluding hydrogens is 406 g/mol. The first-order valence-electron chi connectivity index (χ1n) is 9.07. The minimum absolute atomic E-state index is 0.0114. The van der Waals surface area contributed by atoms with Crippen molar-refractivity contribution in [3.05, 3.63) is 89.1 Å². The lowest BCUT2D eigenvalue weighted by molar-refractivity contribution is -0.117. The number of aromatic nitrogens is 1. The first kappa shape index (κ1) is 22.9. The second-order valence-corrected chi connectivity index (χ2v) is 6.31. The summed E-state index contributed by atoms with van der Waals surface area (Å²) in [6, 6.07) is 9.91. The molecule has 3 N–H and O–H groups in total. The van der Waals surface area contributed by atoms with Gasteiger partial charge in [0.25, 0.3) is 11.8 Å². The van der Waals surface area contributed by atoms with Gasteiger partial charge in [0.15, 0.2) is 0 Å². The summed E-state index contributed by atoms with van der Waals surface area (Å²) in [6.45, 7) is 5.33. The second-order valence-electron chi connectivity index (χ2n) is 5.93. The first-order chi connectivity index (χ1) is 14.5. The highest BCUT2D eigenvalue weighted by molar-refractivity contribution is 6.29. The number of hydrogen-bond acceptors (Lipinski definition) is 5. The van der Waals surface area contributed by atoms with Gasteiger partial charge in [0.05, 0.1) is 12.2 Å². The Kier molecular flexibility index (Phi) is 8.80. The molecule has 0 radical (unpaired) electrons. The van der Waals surface area contributed by atoms with Crippen molar-refractivity contribution in [3.8, 4) is 5.75 Å². The van der Waals surface area contributed by atoms with Crippen molar-refractivity contribution < 1.29 is 19.4 Å². The fourth-order valence-corrected chi connectivity index (χ4v) is 2.39. The van der Waals surface area contributed by atoms with E-state index in [0.29, 0.717) is 17.1 Å². The molecule has 8 heteroatoms. The number of carbonyl (C=O) groups excluding carboxylic acids is 2. The molecule has 0 saturated heterocycles. The molecule has 1 aromatic carbocycles. The monoisotopic (exact) mass is 427 g/mol. The third-order valence-electron chi connectivity index (χ3n) is 3.79. The number of hydrogen-bond donors (Lipinski definition) is 3. The molecule has 1 aromatic heterocycles. The van der Waals surface area contributed by atoms with Crippen molar-refractivity contribution in [1.29, 1.82) is 0 Å². The number of rotatable bonds is 9. The van der Waals surface area contributed by atoms with Gasteiger partial charge in [0, 0.05) is 12.7 Å². The van der Waals surface area contributed by atoms with Crippen molar-refractivity contribution in [1.82, 2.24) is 15.6 Å². The van der Waals surface area contributed by atoms with Crippen molar-refractivity contribution in [2.45, 2.75) is 6.92 Å². The number of carbonyl (C=O) groups is 2. The van der Waals surface area contributed by atoms with Crippen LogP contribution in [0.2, 0.25) is 5.15 Å². The lowest BCUT2D eigenvalue weighted by atomic mass is 10.1. The smallest absolute Gasteiger partial charge is 0.267 e. The summed E-state index contributed by atoms with van der Waals surface area (Å²) in [5.74, 6) is 0.157. The average molecular weight is 428 g/mol. The van der Waals surface area contributed by atoms with E-state index in [-0.39, 0.29) is 29.6 Å². The van der Waals surface area contributed by atoms with Crippen LogP contribution in [0.3, 0.4) is 0 Å². The number of nitrogens with one attached hydrogen (secondary N) is 2. The molecule has 1 heterocycles. The number of allylic oxidation sites excluding steroid dienone is 2. The molecule has 2 rings (SSSR count). The quantitative estimate of drug-likeness (QED) is 0.247. The normalized spacial score (nSPS) is 11.6. The van der Waals surface area contributed by atoms with E-state index in [0.717, 1.165) is 0 Å². The van der Waals surface area contributed by atoms with Gasteiger partial charge in [-0.15, -0.1) is 0 Å². The van der Waals surface area contributed by atoms with Crippen LogP contribution in [0.1, 0.15) is 22.8 Å². The Bertz CT molecular complexity index is 951. The van der Waals surface area contributed by atoms with E-state index in [1.54, 1.807) is 36.4 Å². The van der Waals surface area contributed by atoms with E-state index in [1.165, 1.54) is 24.4 Å². The van der Waals surface area contributed by atoms with Gasteiger partial charge in [-0.1, -0.05) is 30.3 Å². The molecule has 0 aliphatic carbocycles. The summed E-state index contributed by atoms with van der Waals surface area (Å²) in [6.07, 6.45) is 6.21. The Morgan fingerprint density at radius 1 is 1.23 bits per heavy atom. The summed E-state index contributed by atoms with van der Waals surface area (Å²) in [5.41, 5.74) is 0.913. The van der Waals surface area contributed by atoms with Crippen molar-refractivity contribution in [3.63, 3.8) is 0 Å². The minimum Gasteiger partial charge on any atom is -0.458 e. The number of aliphatic hydroxyl groups excluding tert-OH is 1. The van der Waals surface area contributed by atoms with Gasteiger partial charge in [-0.2, -0.15) is 0 Å². The van der Waals surface area contributed by atoms with Crippen LogP contribution in [-0.2, 0) is 4.79 Å². The van der Waals surface area contributed by atoms with Gasteiger partial charge in [-0.05, 0) is 55.0 Å². The Morgan fingerprint density at radius 3 is 2.53 bits per heavy atom. The van der Waals surface area contributed by atoms with Crippen LogP contribution in [0.25, 0.3) is 6.08 Å². The molecule has 0 bridgehead atoms. The molecular formula is C22H22ClN3O4. The number of ether oxygens (including phenoxy) is 1. The highest BCUT2D eigenvalue weighted by Gasteiger charge is 2.15. The number of pyridine rings is 1. The molecule has 0 aliphatic heterocycles. The summed E-state index contributed by atoms with van der Waals surface area (Å²) in [7, 11) is 0. The largest absolute Gasteiger partial charge is 0.458 e. The number of halogens is 1. The third-order valence-corrected chi connectivity index (χ3v) is 4.02. The molecule has 30 heavy (non-hydrogen) atoms. The Labute approximate surface area is 179 Å². The maximum absolute atomic E-state index is 12.5.